The fourth-order valence-electron chi connectivity index (χ4n) is 2.42. The van der Waals surface area contributed by atoms with Crippen LogP contribution in [0.3, 0.4) is 0 Å². The number of aromatic nitrogens is 1. The van der Waals surface area contributed by atoms with E-state index in [4.69, 9.17) is 9.15 Å². The molecule has 6 heteroatoms. The van der Waals surface area contributed by atoms with Crippen molar-refractivity contribution in [2.24, 2.45) is 0 Å². The molecular weight excluding hydrogens is 336 g/mol. The van der Waals surface area contributed by atoms with Gasteiger partial charge in [-0.1, -0.05) is 12.1 Å². The summed E-state index contributed by atoms with van der Waals surface area (Å²) in [6.07, 6.45) is 0. The number of anilines is 1. The predicted octanol–water partition coefficient (Wildman–Crippen LogP) is 4.82. The summed E-state index contributed by atoms with van der Waals surface area (Å²) in [5.74, 6) is 1.25. The van der Waals surface area contributed by atoms with Gasteiger partial charge in [0.2, 0.25) is 0 Å². The molecule has 5 nitrogen and oxygen atoms in total. The molecule has 0 saturated heterocycles. The minimum absolute atomic E-state index is 0.241. The van der Waals surface area contributed by atoms with Crippen LogP contribution in [0.5, 0.6) is 5.75 Å². The summed E-state index contributed by atoms with van der Waals surface area (Å²) in [4.78, 5) is 16.9. The number of fused-ring (bicyclic) bond motifs is 1. The molecule has 25 heavy (non-hydrogen) atoms. The number of thiazole rings is 1. The highest BCUT2D eigenvalue weighted by Gasteiger charge is 2.15. The maximum absolute atomic E-state index is 12.3. The highest BCUT2D eigenvalue weighted by molar-refractivity contribution is 7.21. The molecule has 0 unspecified atom stereocenters. The highest BCUT2D eigenvalue weighted by atomic mass is 32.1. The Morgan fingerprint density at radius 1 is 1.08 bits per heavy atom. The van der Waals surface area contributed by atoms with Crippen LogP contribution in [0, 0.1) is 0 Å². The molecule has 2 heterocycles. The zero-order valence-corrected chi connectivity index (χ0v) is 14.2. The molecule has 2 aromatic heterocycles. The van der Waals surface area contributed by atoms with Crippen molar-refractivity contribution in [3.63, 3.8) is 0 Å². The van der Waals surface area contributed by atoms with Crippen LogP contribution in [0.25, 0.3) is 21.0 Å². The molecule has 4 rings (SSSR count). The van der Waals surface area contributed by atoms with E-state index in [2.05, 4.69) is 10.3 Å². The Kier molecular flexibility index (Phi) is 3.95. The largest absolute Gasteiger partial charge is 0.497 e. The number of carbonyl (C=O) groups is 1. The number of amides is 1. The molecule has 0 aliphatic carbocycles. The van der Waals surface area contributed by atoms with Gasteiger partial charge in [0.25, 0.3) is 5.91 Å². The summed E-state index contributed by atoms with van der Waals surface area (Å²) in [6.45, 7) is 0. The zero-order valence-electron chi connectivity index (χ0n) is 13.4. The summed E-state index contributed by atoms with van der Waals surface area (Å²) in [6, 6.07) is 18.4. The van der Waals surface area contributed by atoms with Crippen LogP contribution in [0.2, 0.25) is 0 Å². The Hall–Kier alpha value is -3.12. The number of furan rings is 1. The van der Waals surface area contributed by atoms with E-state index in [-0.39, 0.29) is 11.7 Å². The van der Waals surface area contributed by atoms with Gasteiger partial charge < -0.3 is 14.5 Å². The average Bonchev–Trinajstić information content (AvgIpc) is 3.29. The molecule has 0 spiro atoms. The first kappa shape index (κ1) is 15.4. The van der Waals surface area contributed by atoms with Crippen molar-refractivity contribution in [2.75, 3.05) is 12.4 Å². The minimum Gasteiger partial charge on any atom is -0.497 e. The smallest absolute Gasteiger partial charge is 0.291 e. The van der Waals surface area contributed by atoms with Crippen molar-refractivity contribution in [3.05, 3.63) is 66.4 Å². The molecule has 124 valence electrons. The predicted molar refractivity (Wildman–Crippen MR) is 98.3 cm³/mol. The van der Waals surface area contributed by atoms with E-state index in [9.17, 15) is 4.79 Å². The topological polar surface area (TPSA) is 64.4 Å². The second-order valence-corrected chi connectivity index (χ2v) is 6.36. The molecule has 4 aromatic rings. The van der Waals surface area contributed by atoms with Crippen molar-refractivity contribution in [1.82, 2.24) is 4.98 Å². The van der Waals surface area contributed by atoms with Crippen LogP contribution in [0.15, 0.2) is 65.1 Å². The van der Waals surface area contributed by atoms with Crippen LogP contribution >= 0.6 is 11.3 Å². The number of methoxy groups -OCH3 is 1. The van der Waals surface area contributed by atoms with E-state index < -0.39 is 0 Å². The molecule has 0 saturated carbocycles. The van der Waals surface area contributed by atoms with Crippen LogP contribution < -0.4 is 10.1 Å². The van der Waals surface area contributed by atoms with Gasteiger partial charge in [-0.25, -0.2) is 4.98 Å². The molecule has 0 aliphatic heterocycles. The third-order valence-electron chi connectivity index (χ3n) is 3.68. The summed E-state index contributed by atoms with van der Waals surface area (Å²) < 4.78 is 11.9. The summed E-state index contributed by atoms with van der Waals surface area (Å²) in [7, 11) is 1.60. The van der Waals surface area contributed by atoms with Gasteiger partial charge >= 0.3 is 0 Å². The van der Waals surface area contributed by atoms with Gasteiger partial charge in [-0.3, -0.25) is 4.79 Å². The average molecular weight is 350 g/mol. The fourth-order valence-corrected chi connectivity index (χ4v) is 3.35. The quantitative estimate of drug-likeness (QED) is 0.573. The van der Waals surface area contributed by atoms with Crippen LogP contribution in [-0.2, 0) is 0 Å². The maximum atomic E-state index is 12.3. The summed E-state index contributed by atoms with van der Waals surface area (Å²) in [5, 5.41) is 3.55. The Bertz CT molecular complexity index is 1000. The van der Waals surface area contributed by atoms with Crippen molar-refractivity contribution >= 4 is 33.1 Å². The van der Waals surface area contributed by atoms with E-state index in [0.29, 0.717) is 11.4 Å². The summed E-state index contributed by atoms with van der Waals surface area (Å²) >= 11 is 1.53. The number of nitrogens with zero attached hydrogens (tertiary/aromatic N) is 1. The Morgan fingerprint density at radius 2 is 1.88 bits per heavy atom. The fraction of sp³-hybridized carbons (Fsp3) is 0.0526. The Balaban J connectivity index is 1.54. The Labute approximate surface area is 147 Å². The lowest BCUT2D eigenvalue weighted by atomic mass is 10.3. The molecular formula is C19H14N2O3S. The standard InChI is InChI=1S/C19H14N2O3S/c1-23-13-8-6-12(7-9-13)20-18(22)15-10-11-16(24-15)19-21-14-4-2-3-5-17(14)25-19/h2-11H,1H3,(H,20,22). The van der Waals surface area contributed by atoms with Gasteiger partial charge in [-0.05, 0) is 48.5 Å². The molecule has 0 atom stereocenters. The number of nitrogens with one attached hydrogen (secondary N) is 1. The lowest BCUT2D eigenvalue weighted by molar-refractivity contribution is 0.0997. The van der Waals surface area contributed by atoms with Crippen molar-refractivity contribution in [2.45, 2.75) is 0 Å². The normalized spacial score (nSPS) is 10.8. The van der Waals surface area contributed by atoms with E-state index >= 15 is 0 Å². The van der Waals surface area contributed by atoms with Gasteiger partial charge in [0, 0.05) is 5.69 Å². The lowest BCUT2D eigenvalue weighted by Crippen LogP contribution is -2.10. The number of hydrogen-bond donors (Lipinski definition) is 1. The van der Waals surface area contributed by atoms with Gasteiger partial charge in [-0.15, -0.1) is 11.3 Å². The van der Waals surface area contributed by atoms with E-state index in [1.54, 1.807) is 43.5 Å². The lowest BCUT2D eigenvalue weighted by Gasteiger charge is -2.04. The van der Waals surface area contributed by atoms with Gasteiger partial charge in [0.05, 0.1) is 17.3 Å². The first-order valence-electron chi connectivity index (χ1n) is 7.64. The number of benzene rings is 2. The molecule has 1 N–H and O–H groups in total. The minimum atomic E-state index is -0.308. The van der Waals surface area contributed by atoms with Gasteiger partial charge in [0.1, 0.15) is 5.75 Å². The number of para-hydroxylation sites is 1. The second-order valence-electron chi connectivity index (χ2n) is 5.33. The van der Waals surface area contributed by atoms with Crippen molar-refractivity contribution in [3.8, 4) is 16.5 Å². The Morgan fingerprint density at radius 3 is 2.64 bits per heavy atom. The SMILES string of the molecule is COc1ccc(NC(=O)c2ccc(-c3nc4ccccc4s3)o2)cc1. The zero-order chi connectivity index (χ0) is 17.2. The first-order valence-corrected chi connectivity index (χ1v) is 8.46. The number of carbonyl (C=O) groups excluding carboxylic acids is 1. The third-order valence-corrected chi connectivity index (χ3v) is 4.73. The third kappa shape index (κ3) is 3.12. The maximum Gasteiger partial charge on any atom is 0.291 e. The first-order chi connectivity index (χ1) is 12.2. The summed E-state index contributed by atoms with van der Waals surface area (Å²) in [5.41, 5.74) is 1.59. The monoisotopic (exact) mass is 350 g/mol. The van der Waals surface area contributed by atoms with Crippen LogP contribution in [0.1, 0.15) is 10.6 Å². The van der Waals surface area contributed by atoms with Crippen LogP contribution in [0.4, 0.5) is 5.69 Å². The van der Waals surface area contributed by atoms with E-state index in [1.165, 1.54) is 11.3 Å². The van der Waals surface area contributed by atoms with E-state index in [0.717, 1.165) is 21.0 Å². The molecule has 0 aliphatic rings. The van der Waals surface area contributed by atoms with Crippen molar-refractivity contribution < 1.29 is 13.9 Å². The molecule has 0 bridgehead atoms. The molecule has 0 radical (unpaired) electrons. The number of hydrogen-bond acceptors (Lipinski definition) is 5. The second kappa shape index (κ2) is 6.41. The number of ether oxygens (including phenoxy) is 1. The van der Waals surface area contributed by atoms with Crippen molar-refractivity contribution in [1.29, 1.82) is 0 Å². The highest BCUT2D eigenvalue weighted by Crippen LogP contribution is 2.31. The number of rotatable bonds is 4. The molecule has 0 fully saturated rings. The van der Waals surface area contributed by atoms with E-state index in [1.807, 2.05) is 24.3 Å². The van der Waals surface area contributed by atoms with Gasteiger partial charge in [0.15, 0.2) is 16.5 Å². The molecule has 2 aromatic carbocycles. The van der Waals surface area contributed by atoms with Crippen LogP contribution in [-0.4, -0.2) is 18.0 Å². The molecule has 1 amide bonds. The van der Waals surface area contributed by atoms with Gasteiger partial charge in [-0.2, -0.15) is 0 Å².